The summed E-state index contributed by atoms with van der Waals surface area (Å²) < 4.78 is 10.8. The predicted octanol–water partition coefficient (Wildman–Crippen LogP) is 2.68. The monoisotopic (exact) mass is 388 g/mol. The first kappa shape index (κ1) is 18.0. The summed E-state index contributed by atoms with van der Waals surface area (Å²) in [5.74, 6) is -0.692. The van der Waals surface area contributed by atoms with Gasteiger partial charge in [-0.3, -0.25) is 4.98 Å². The van der Waals surface area contributed by atoms with Gasteiger partial charge in [0.05, 0.1) is 18.6 Å². The van der Waals surface area contributed by atoms with Gasteiger partial charge in [-0.15, -0.1) is 10.2 Å². The van der Waals surface area contributed by atoms with E-state index in [1.54, 1.807) is 42.7 Å². The molecule has 0 aliphatic rings. The molecule has 0 saturated heterocycles. The molecular formula is C17H11ClN3O4S-. The number of carbonyl (C=O) groups excluding carboxylic acids is 1. The maximum absolute atomic E-state index is 11.4. The molecule has 0 spiro atoms. The lowest BCUT2D eigenvalue weighted by atomic mass is 10.2. The van der Waals surface area contributed by atoms with Gasteiger partial charge in [0.15, 0.2) is 0 Å². The Morgan fingerprint density at radius 2 is 2.04 bits per heavy atom. The van der Waals surface area contributed by atoms with Crippen LogP contribution in [0.15, 0.2) is 57.3 Å². The Balaban J connectivity index is 1.89. The van der Waals surface area contributed by atoms with Crippen LogP contribution in [0.3, 0.4) is 0 Å². The molecule has 0 saturated carbocycles. The van der Waals surface area contributed by atoms with E-state index in [0.29, 0.717) is 21.9 Å². The highest BCUT2D eigenvalue weighted by Crippen LogP contribution is 2.34. The zero-order valence-electron chi connectivity index (χ0n) is 13.4. The van der Waals surface area contributed by atoms with Crippen molar-refractivity contribution in [1.29, 1.82) is 0 Å². The number of carbonyl (C=O) groups is 1. The molecule has 1 aromatic carbocycles. The van der Waals surface area contributed by atoms with Crippen LogP contribution in [0, 0.1) is 0 Å². The Morgan fingerprint density at radius 3 is 2.73 bits per heavy atom. The number of pyridine rings is 1. The molecular weight excluding hydrogens is 378 g/mol. The van der Waals surface area contributed by atoms with Crippen LogP contribution in [0.2, 0.25) is 5.02 Å². The van der Waals surface area contributed by atoms with Crippen LogP contribution >= 0.6 is 23.4 Å². The summed E-state index contributed by atoms with van der Waals surface area (Å²) in [5, 5.41) is 19.7. The largest absolute Gasteiger partial charge is 0.544 e. The zero-order chi connectivity index (χ0) is 18.5. The predicted molar refractivity (Wildman–Crippen MR) is 94.4 cm³/mol. The van der Waals surface area contributed by atoms with Crippen LogP contribution in [-0.2, 0) is 4.79 Å². The molecule has 3 rings (SSSR count). The third-order valence-corrected chi connectivity index (χ3v) is 4.28. The van der Waals surface area contributed by atoms with Crippen molar-refractivity contribution in [3.8, 4) is 17.2 Å². The quantitative estimate of drug-likeness (QED) is 0.469. The number of methoxy groups -OCH3 is 1. The van der Waals surface area contributed by atoms with Gasteiger partial charge in [0.2, 0.25) is 0 Å². The summed E-state index contributed by atoms with van der Waals surface area (Å²) in [5.41, 5.74) is 1.16. The van der Waals surface area contributed by atoms with E-state index in [9.17, 15) is 9.90 Å². The van der Waals surface area contributed by atoms with Gasteiger partial charge in [-0.2, -0.15) is 0 Å². The first-order chi connectivity index (χ1) is 12.6. The van der Waals surface area contributed by atoms with Gasteiger partial charge < -0.3 is 19.1 Å². The van der Waals surface area contributed by atoms with Crippen LogP contribution in [0.25, 0.3) is 17.5 Å². The number of carboxylic acids is 1. The number of rotatable bonds is 6. The minimum atomic E-state index is -1.35. The van der Waals surface area contributed by atoms with Gasteiger partial charge in [0.1, 0.15) is 5.75 Å². The number of nitrogens with zero attached hydrogens (tertiary/aromatic N) is 3. The number of hydrogen-bond donors (Lipinski definition) is 0. The van der Waals surface area contributed by atoms with E-state index in [0.717, 1.165) is 11.8 Å². The molecule has 2 heterocycles. The standard InChI is InChI=1S/C17H12ClN3O4S/c1-24-13-3-2-11(18)9-12(13)15-20-21-17(25-15)26-14(16(22)23)8-10-4-6-19-7-5-10/h2-9H,1H3,(H,22,23)/p-1/b14-8+. The molecule has 0 aliphatic heterocycles. The van der Waals surface area contributed by atoms with Crippen molar-refractivity contribution in [2.75, 3.05) is 7.11 Å². The lowest BCUT2D eigenvalue weighted by Gasteiger charge is -2.06. The van der Waals surface area contributed by atoms with Gasteiger partial charge >= 0.3 is 0 Å². The van der Waals surface area contributed by atoms with Gasteiger partial charge in [0, 0.05) is 22.3 Å². The maximum atomic E-state index is 11.4. The summed E-state index contributed by atoms with van der Waals surface area (Å²) in [4.78, 5) is 15.2. The second-order valence-electron chi connectivity index (χ2n) is 4.90. The number of aliphatic carboxylic acids is 1. The van der Waals surface area contributed by atoms with Gasteiger partial charge in [-0.25, -0.2) is 0 Å². The molecule has 3 aromatic rings. The fourth-order valence-corrected chi connectivity index (χ4v) is 2.88. The Labute approximate surface area is 157 Å². The Bertz CT molecular complexity index is 960. The lowest BCUT2D eigenvalue weighted by molar-refractivity contribution is -0.298. The number of aromatic nitrogens is 3. The maximum Gasteiger partial charge on any atom is 0.281 e. The smallest absolute Gasteiger partial charge is 0.281 e. The summed E-state index contributed by atoms with van der Waals surface area (Å²) in [6, 6.07) is 8.29. The van der Waals surface area contributed by atoms with Crippen LogP contribution in [0.1, 0.15) is 5.56 Å². The van der Waals surface area contributed by atoms with E-state index >= 15 is 0 Å². The average Bonchev–Trinajstić information content (AvgIpc) is 3.10. The van der Waals surface area contributed by atoms with Crippen LogP contribution in [-0.4, -0.2) is 28.3 Å². The van der Waals surface area contributed by atoms with Crippen LogP contribution in [0.4, 0.5) is 0 Å². The van der Waals surface area contributed by atoms with Crippen LogP contribution in [0.5, 0.6) is 5.75 Å². The van der Waals surface area contributed by atoms with E-state index in [1.165, 1.54) is 13.2 Å². The highest BCUT2D eigenvalue weighted by atomic mass is 35.5. The van der Waals surface area contributed by atoms with Crippen molar-refractivity contribution in [2.24, 2.45) is 0 Å². The number of halogens is 1. The minimum absolute atomic E-state index is 0.0477. The van der Waals surface area contributed by atoms with Crippen LogP contribution < -0.4 is 9.84 Å². The number of carboxylic acid groups (broad SMARTS) is 1. The summed E-state index contributed by atoms with van der Waals surface area (Å²) in [7, 11) is 1.50. The van der Waals surface area contributed by atoms with E-state index in [2.05, 4.69) is 15.2 Å². The minimum Gasteiger partial charge on any atom is -0.544 e. The van der Waals surface area contributed by atoms with E-state index in [-0.39, 0.29) is 16.0 Å². The molecule has 0 unspecified atom stereocenters. The zero-order valence-corrected chi connectivity index (χ0v) is 15.0. The Kier molecular flexibility index (Phi) is 5.55. The highest BCUT2D eigenvalue weighted by molar-refractivity contribution is 8.03. The third-order valence-electron chi connectivity index (χ3n) is 3.20. The molecule has 0 radical (unpaired) electrons. The van der Waals surface area contributed by atoms with Crippen molar-refractivity contribution in [3.05, 3.63) is 58.2 Å². The average molecular weight is 389 g/mol. The van der Waals surface area contributed by atoms with Crippen molar-refractivity contribution in [2.45, 2.75) is 5.22 Å². The van der Waals surface area contributed by atoms with Gasteiger partial charge in [-0.05, 0) is 53.7 Å². The first-order valence-electron chi connectivity index (χ1n) is 7.25. The molecule has 26 heavy (non-hydrogen) atoms. The Morgan fingerprint density at radius 1 is 1.27 bits per heavy atom. The molecule has 0 fully saturated rings. The van der Waals surface area contributed by atoms with Crippen molar-refractivity contribution in [3.63, 3.8) is 0 Å². The SMILES string of the molecule is COc1ccc(Cl)cc1-c1nnc(S/C(=C/c2ccncc2)C(=O)[O-])o1. The van der Waals surface area contributed by atoms with Gasteiger partial charge in [-0.1, -0.05) is 11.6 Å². The second kappa shape index (κ2) is 8.03. The molecule has 0 aliphatic carbocycles. The van der Waals surface area contributed by atoms with Crippen molar-refractivity contribution >= 4 is 35.4 Å². The second-order valence-corrected chi connectivity index (χ2v) is 6.33. The topological polar surface area (TPSA) is 101 Å². The molecule has 0 N–H and O–H groups in total. The van der Waals surface area contributed by atoms with Crippen molar-refractivity contribution < 1.29 is 19.1 Å². The Hall–Kier alpha value is -2.84. The molecule has 0 atom stereocenters. The molecule has 132 valence electrons. The molecule has 9 heteroatoms. The fraction of sp³-hybridized carbons (Fsp3) is 0.0588. The molecule has 2 aromatic heterocycles. The summed E-state index contributed by atoms with van der Waals surface area (Å²) in [6.07, 6.45) is 4.55. The molecule has 0 bridgehead atoms. The number of hydrogen-bond acceptors (Lipinski definition) is 8. The van der Waals surface area contributed by atoms with E-state index in [4.69, 9.17) is 20.8 Å². The summed E-state index contributed by atoms with van der Waals surface area (Å²) >= 11 is 6.79. The summed E-state index contributed by atoms with van der Waals surface area (Å²) in [6.45, 7) is 0. The number of ether oxygens (including phenoxy) is 1. The normalized spacial score (nSPS) is 11.4. The fourth-order valence-electron chi connectivity index (χ4n) is 2.04. The highest BCUT2D eigenvalue weighted by Gasteiger charge is 2.16. The third kappa shape index (κ3) is 4.22. The van der Waals surface area contributed by atoms with E-state index < -0.39 is 5.97 Å². The number of thioether (sulfide) groups is 1. The van der Waals surface area contributed by atoms with Crippen molar-refractivity contribution in [1.82, 2.24) is 15.2 Å². The number of benzene rings is 1. The lowest BCUT2D eigenvalue weighted by Crippen LogP contribution is -2.23. The van der Waals surface area contributed by atoms with E-state index in [1.807, 2.05) is 0 Å². The molecule has 7 nitrogen and oxygen atoms in total. The molecule has 0 amide bonds. The van der Waals surface area contributed by atoms with Gasteiger partial charge in [0.25, 0.3) is 11.1 Å². The first-order valence-corrected chi connectivity index (χ1v) is 8.44.